The molecule has 0 bridgehead atoms. The molecule has 0 radical (unpaired) electrons. The van der Waals surface area contributed by atoms with E-state index < -0.39 is 0 Å². The molecule has 0 aliphatic heterocycles. The minimum absolute atomic E-state index is 0.157. The van der Waals surface area contributed by atoms with E-state index in [9.17, 15) is 0 Å². The topological polar surface area (TPSA) is 24.9 Å². The van der Waals surface area contributed by atoms with Crippen LogP contribution in [0.5, 0.6) is 0 Å². The maximum Gasteiger partial charge on any atom is 0.129 e. The Balaban J connectivity index is 2.68. The molecule has 0 aliphatic carbocycles. The SMILES string of the molecule is CCCC(C)(C)NC(C)c1ccnc(Cl)c1. The van der Waals surface area contributed by atoms with Gasteiger partial charge in [0.25, 0.3) is 0 Å². The Morgan fingerprint density at radius 3 is 2.75 bits per heavy atom. The molecule has 0 aromatic carbocycles. The fourth-order valence-electron chi connectivity index (χ4n) is 2.05. The van der Waals surface area contributed by atoms with E-state index in [2.05, 4.69) is 38.0 Å². The summed E-state index contributed by atoms with van der Waals surface area (Å²) >= 11 is 5.88. The van der Waals surface area contributed by atoms with E-state index in [4.69, 9.17) is 11.6 Å². The summed E-state index contributed by atoms with van der Waals surface area (Å²) in [6, 6.07) is 4.22. The van der Waals surface area contributed by atoms with E-state index >= 15 is 0 Å². The molecule has 90 valence electrons. The number of nitrogens with one attached hydrogen (secondary N) is 1. The highest BCUT2D eigenvalue weighted by Gasteiger charge is 2.19. The summed E-state index contributed by atoms with van der Waals surface area (Å²) in [6.45, 7) is 8.83. The number of rotatable bonds is 5. The summed E-state index contributed by atoms with van der Waals surface area (Å²) in [4.78, 5) is 3.99. The second-order valence-corrected chi connectivity index (χ2v) is 5.30. The second-order valence-electron chi connectivity index (χ2n) is 4.91. The first-order chi connectivity index (χ1) is 7.44. The Morgan fingerprint density at radius 1 is 1.50 bits per heavy atom. The van der Waals surface area contributed by atoms with Crippen LogP contribution < -0.4 is 5.32 Å². The van der Waals surface area contributed by atoms with E-state index in [0.717, 1.165) is 6.42 Å². The van der Waals surface area contributed by atoms with Gasteiger partial charge >= 0.3 is 0 Å². The molecular weight excluding hydrogens is 220 g/mol. The molecule has 3 heteroatoms. The van der Waals surface area contributed by atoms with Gasteiger partial charge in [0.2, 0.25) is 0 Å². The molecule has 0 amide bonds. The number of hydrogen-bond acceptors (Lipinski definition) is 2. The number of aromatic nitrogens is 1. The maximum absolute atomic E-state index is 5.88. The molecule has 1 heterocycles. The van der Waals surface area contributed by atoms with Gasteiger partial charge in [0.05, 0.1) is 0 Å². The Bertz CT molecular complexity index is 336. The van der Waals surface area contributed by atoms with Crippen molar-refractivity contribution in [3.63, 3.8) is 0 Å². The van der Waals surface area contributed by atoms with Crippen molar-refractivity contribution in [2.75, 3.05) is 0 Å². The Kier molecular flexibility index (Phi) is 4.75. The lowest BCUT2D eigenvalue weighted by Crippen LogP contribution is -2.40. The lowest BCUT2D eigenvalue weighted by molar-refractivity contribution is 0.323. The minimum atomic E-state index is 0.157. The molecule has 0 aliphatic rings. The molecule has 0 spiro atoms. The molecule has 1 unspecified atom stereocenters. The highest BCUT2D eigenvalue weighted by molar-refractivity contribution is 6.29. The Labute approximate surface area is 103 Å². The standard InChI is InChI=1S/C13H21ClN2/c1-5-7-13(3,4)16-10(2)11-6-8-15-12(14)9-11/h6,8-10,16H,5,7H2,1-4H3. The van der Waals surface area contributed by atoms with Crippen LogP contribution in [0.4, 0.5) is 0 Å². The van der Waals surface area contributed by atoms with Crippen LogP contribution in [0.3, 0.4) is 0 Å². The highest BCUT2D eigenvalue weighted by atomic mass is 35.5. The van der Waals surface area contributed by atoms with Gasteiger partial charge in [-0.1, -0.05) is 24.9 Å². The smallest absolute Gasteiger partial charge is 0.129 e. The first kappa shape index (κ1) is 13.5. The fourth-order valence-corrected chi connectivity index (χ4v) is 2.24. The maximum atomic E-state index is 5.88. The van der Waals surface area contributed by atoms with Crippen LogP contribution in [0.15, 0.2) is 18.3 Å². The number of nitrogens with zero attached hydrogens (tertiary/aromatic N) is 1. The van der Waals surface area contributed by atoms with Crippen molar-refractivity contribution in [2.45, 2.75) is 52.1 Å². The van der Waals surface area contributed by atoms with E-state index in [-0.39, 0.29) is 5.54 Å². The van der Waals surface area contributed by atoms with Crippen LogP contribution >= 0.6 is 11.6 Å². The van der Waals surface area contributed by atoms with Crippen LogP contribution in [0.2, 0.25) is 5.15 Å². The molecule has 2 nitrogen and oxygen atoms in total. The van der Waals surface area contributed by atoms with E-state index in [1.54, 1.807) is 6.20 Å². The van der Waals surface area contributed by atoms with Gasteiger partial charge in [-0.3, -0.25) is 0 Å². The summed E-state index contributed by atoms with van der Waals surface area (Å²) < 4.78 is 0. The zero-order valence-electron chi connectivity index (χ0n) is 10.5. The third-order valence-electron chi connectivity index (χ3n) is 2.73. The Hall–Kier alpha value is -0.600. The van der Waals surface area contributed by atoms with Gasteiger partial charge in [0, 0.05) is 17.8 Å². The van der Waals surface area contributed by atoms with Gasteiger partial charge in [-0.05, 0) is 44.9 Å². The Morgan fingerprint density at radius 2 is 2.19 bits per heavy atom. The quantitative estimate of drug-likeness (QED) is 0.788. The van der Waals surface area contributed by atoms with Gasteiger partial charge in [-0.2, -0.15) is 0 Å². The molecule has 1 atom stereocenters. The first-order valence-electron chi connectivity index (χ1n) is 5.84. The van der Waals surface area contributed by atoms with E-state index in [1.165, 1.54) is 12.0 Å². The highest BCUT2D eigenvalue weighted by Crippen LogP contribution is 2.20. The van der Waals surface area contributed by atoms with Crippen LogP contribution in [-0.2, 0) is 0 Å². The van der Waals surface area contributed by atoms with Crippen molar-refractivity contribution in [2.24, 2.45) is 0 Å². The van der Waals surface area contributed by atoms with Crippen molar-refractivity contribution in [1.29, 1.82) is 0 Å². The monoisotopic (exact) mass is 240 g/mol. The molecule has 1 N–H and O–H groups in total. The van der Waals surface area contributed by atoms with Crippen molar-refractivity contribution in [1.82, 2.24) is 10.3 Å². The fraction of sp³-hybridized carbons (Fsp3) is 0.615. The molecule has 0 saturated heterocycles. The van der Waals surface area contributed by atoms with Crippen molar-refractivity contribution < 1.29 is 0 Å². The molecule has 0 saturated carbocycles. The van der Waals surface area contributed by atoms with Crippen molar-refractivity contribution >= 4 is 11.6 Å². The average molecular weight is 241 g/mol. The number of pyridine rings is 1. The minimum Gasteiger partial charge on any atom is -0.305 e. The molecule has 16 heavy (non-hydrogen) atoms. The first-order valence-corrected chi connectivity index (χ1v) is 6.21. The van der Waals surface area contributed by atoms with E-state index in [0.29, 0.717) is 11.2 Å². The summed E-state index contributed by atoms with van der Waals surface area (Å²) in [7, 11) is 0. The van der Waals surface area contributed by atoms with Crippen LogP contribution in [0.1, 0.15) is 52.1 Å². The van der Waals surface area contributed by atoms with Gasteiger partial charge < -0.3 is 5.32 Å². The lowest BCUT2D eigenvalue weighted by atomic mass is 9.96. The van der Waals surface area contributed by atoms with Gasteiger partial charge in [0.1, 0.15) is 5.15 Å². The van der Waals surface area contributed by atoms with Gasteiger partial charge in [-0.25, -0.2) is 4.98 Å². The van der Waals surface area contributed by atoms with Gasteiger partial charge in [0.15, 0.2) is 0 Å². The lowest BCUT2D eigenvalue weighted by Gasteiger charge is -2.30. The molecule has 0 fully saturated rings. The molecule has 1 rings (SSSR count). The predicted octanol–water partition coefficient (Wildman–Crippen LogP) is 3.96. The second kappa shape index (κ2) is 5.65. The average Bonchev–Trinajstić information content (AvgIpc) is 2.16. The van der Waals surface area contributed by atoms with Crippen LogP contribution in [-0.4, -0.2) is 10.5 Å². The summed E-state index contributed by atoms with van der Waals surface area (Å²) in [5.74, 6) is 0. The normalized spacial score (nSPS) is 13.8. The van der Waals surface area contributed by atoms with Crippen LogP contribution in [0, 0.1) is 0 Å². The summed E-state index contributed by atoms with van der Waals surface area (Å²) in [6.07, 6.45) is 4.10. The van der Waals surface area contributed by atoms with Crippen LogP contribution in [0.25, 0.3) is 0 Å². The summed E-state index contributed by atoms with van der Waals surface area (Å²) in [5.41, 5.74) is 1.34. The van der Waals surface area contributed by atoms with E-state index in [1.807, 2.05) is 12.1 Å². The molecule has 1 aromatic rings. The number of halogens is 1. The van der Waals surface area contributed by atoms with Crippen molar-refractivity contribution in [3.05, 3.63) is 29.0 Å². The van der Waals surface area contributed by atoms with Crippen molar-refractivity contribution in [3.8, 4) is 0 Å². The number of hydrogen-bond donors (Lipinski definition) is 1. The van der Waals surface area contributed by atoms with Gasteiger partial charge in [-0.15, -0.1) is 0 Å². The third kappa shape index (κ3) is 4.11. The zero-order valence-corrected chi connectivity index (χ0v) is 11.3. The predicted molar refractivity (Wildman–Crippen MR) is 69.8 cm³/mol. The summed E-state index contributed by atoms with van der Waals surface area (Å²) in [5, 5.41) is 4.17. The zero-order chi connectivity index (χ0) is 12.2. The molecule has 1 aromatic heterocycles. The largest absolute Gasteiger partial charge is 0.305 e. The third-order valence-corrected chi connectivity index (χ3v) is 2.94. The molecular formula is C13H21ClN2.